The third kappa shape index (κ3) is 11.1. The van der Waals surface area contributed by atoms with Gasteiger partial charge in [-0.1, -0.05) is 52.0 Å². The number of ether oxygens (including phenoxy) is 3. The third-order valence-corrected chi connectivity index (χ3v) is 12.6. The van der Waals surface area contributed by atoms with Gasteiger partial charge in [-0.15, -0.1) is 13.2 Å². The summed E-state index contributed by atoms with van der Waals surface area (Å²) in [7, 11) is 1.26. The highest BCUT2D eigenvalue weighted by atomic mass is 19.4. The van der Waals surface area contributed by atoms with E-state index in [1.807, 2.05) is 25.7 Å². The van der Waals surface area contributed by atoms with E-state index in [0.717, 1.165) is 31.5 Å². The second kappa shape index (κ2) is 19.2. The first kappa shape index (κ1) is 45.7. The fraction of sp³-hybridized carbons (Fsp3) is 0.578. The highest BCUT2D eigenvalue weighted by Gasteiger charge is 2.42. The Morgan fingerprint density at radius 1 is 0.889 bits per heavy atom. The zero-order chi connectivity index (χ0) is 45.1. The largest absolute Gasteiger partial charge is 0.573 e. The Morgan fingerprint density at radius 3 is 2.19 bits per heavy atom. The van der Waals surface area contributed by atoms with E-state index in [-0.39, 0.29) is 47.0 Å². The molecule has 5 heterocycles. The van der Waals surface area contributed by atoms with Gasteiger partial charge in [-0.2, -0.15) is 0 Å². The average Bonchev–Trinajstić information content (AvgIpc) is 3.92. The van der Waals surface area contributed by atoms with Crippen LogP contribution in [0.5, 0.6) is 5.75 Å². The number of aromatic nitrogens is 2. The Hall–Kier alpha value is -5.36. The monoisotopic (exact) mass is 880 g/mol. The third-order valence-electron chi connectivity index (χ3n) is 12.6. The van der Waals surface area contributed by atoms with Crippen LogP contribution in [0.25, 0.3) is 22.4 Å². The molecule has 3 unspecified atom stereocenters. The summed E-state index contributed by atoms with van der Waals surface area (Å²) in [5.74, 6) is 0.143. The number of alkyl carbamates (subject to hydrolysis) is 1. The minimum atomic E-state index is -4.98. The van der Waals surface area contributed by atoms with Gasteiger partial charge in [0.1, 0.15) is 17.6 Å². The second-order valence-electron chi connectivity index (χ2n) is 18.2. The van der Waals surface area contributed by atoms with Gasteiger partial charge in [-0.25, -0.2) is 14.6 Å². The molecular formula is C45H59F3N8O7. The molecule has 63 heavy (non-hydrogen) atoms. The average molecular weight is 881 g/mol. The van der Waals surface area contributed by atoms with Crippen molar-refractivity contribution in [1.29, 1.82) is 0 Å². The Morgan fingerprint density at radius 2 is 1.56 bits per heavy atom. The van der Waals surface area contributed by atoms with E-state index in [1.165, 1.54) is 19.2 Å². The van der Waals surface area contributed by atoms with Crippen molar-refractivity contribution in [1.82, 2.24) is 34.9 Å². The fourth-order valence-electron chi connectivity index (χ4n) is 9.27. The molecule has 7 rings (SSSR count). The maximum absolute atomic E-state index is 14.1. The van der Waals surface area contributed by atoms with E-state index >= 15 is 0 Å². The molecule has 4 aliphatic rings. The molecule has 3 aromatic rings. The molecule has 0 bridgehead atoms. The number of hydrogen-bond acceptors (Lipinski definition) is 9. The molecule has 0 saturated carbocycles. The number of alkyl halides is 3. The van der Waals surface area contributed by atoms with Gasteiger partial charge in [0.05, 0.1) is 25.0 Å². The van der Waals surface area contributed by atoms with E-state index in [2.05, 4.69) is 37.2 Å². The minimum Gasteiger partial charge on any atom is -0.453 e. The highest BCUT2D eigenvalue weighted by Crippen LogP contribution is 2.39. The molecule has 0 radical (unpaired) electrons. The van der Waals surface area contributed by atoms with Crippen LogP contribution >= 0.6 is 0 Å². The van der Waals surface area contributed by atoms with Crippen LogP contribution in [0.1, 0.15) is 71.7 Å². The number of methoxy groups -OCH3 is 1. The van der Waals surface area contributed by atoms with Crippen LogP contribution in [-0.2, 0) is 19.1 Å². The van der Waals surface area contributed by atoms with Crippen LogP contribution in [-0.4, -0.2) is 138 Å². The molecule has 4 aliphatic heterocycles. The Balaban J connectivity index is 0.991. The number of urea groups is 1. The van der Waals surface area contributed by atoms with Gasteiger partial charge in [0, 0.05) is 87.8 Å². The number of halogens is 3. The van der Waals surface area contributed by atoms with Crippen molar-refractivity contribution in [2.24, 2.45) is 17.3 Å². The maximum atomic E-state index is 14.1. The van der Waals surface area contributed by atoms with Gasteiger partial charge in [-0.05, 0) is 67.2 Å². The molecule has 5 amide bonds. The fourth-order valence-corrected chi connectivity index (χ4v) is 9.27. The van der Waals surface area contributed by atoms with Crippen LogP contribution < -0.4 is 15.4 Å². The Bertz CT molecular complexity index is 2090. The lowest BCUT2D eigenvalue weighted by Gasteiger charge is -2.43. The van der Waals surface area contributed by atoms with E-state index in [0.29, 0.717) is 82.3 Å². The lowest BCUT2D eigenvalue weighted by molar-refractivity contribution is -0.274. The summed E-state index contributed by atoms with van der Waals surface area (Å²) in [4.78, 5) is 68.2. The van der Waals surface area contributed by atoms with E-state index < -0.39 is 35.7 Å². The molecule has 4 fully saturated rings. The SMILES string of the molecule is COC(=O)NC(C(=O)N1CC(C)CC1c1ncc(-c2ccc(-c3ccc(NC(=O)N4CCC(N5CCN(C(=O)C(C)(C)C)CC5)CC4)cc3OC(F)(F)F)cc2)[nH]1)C1CCOCC1. The predicted molar refractivity (Wildman–Crippen MR) is 228 cm³/mol. The zero-order valence-electron chi connectivity index (χ0n) is 36.6. The van der Waals surface area contributed by atoms with Crippen LogP contribution in [0, 0.1) is 17.3 Å². The van der Waals surface area contributed by atoms with Crippen LogP contribution in [0.2, 0.25) is 0 Å². The molecule has 18 heteroatoms. The van der Waals surface area contributed by atoms with Gasteiger partial charge in [0.25, 0.3) is 0 Å². The number of nitrogens with zero attached hydrogens (tertiary/aromatic N) is 5. The number of anilines is 1. The highest BCUT2D eigenvalue weighted by molar-refractivity contribution is 5.91. The van der Waals surface area contributed by atoms with Gasteiger partial charge < -0.3 is 44.5 Å². The number of carbonyl (C=O) groups excluding carboxylic acids is 4. The van der Waals surface area contributed by atoms with Crippen molar-refractivity contribution in [3.05, 3.63) is 54.5 Å². The normalized spacial score (nSPS) is 21.2. The predicted octanol–water partition coefficient (Wildman–Crippen LogP) is 6.89. The Labute approximate surface area is 366 Å². The van der Waals surface area contributed by atoms with Crippen molar-refractivity contribution in [3.63, 3.8) is 0 Å². The summed E-state index contributed by atoms with van der Waals surface area (Å²) in [5.41, 5.74) is 1.76. The maximum Gasteiger partial charge on any atom is 0.573 e. The van der Waals surface area contributed by atoms with Crippen molar-refractivity contribution < 1.29 is 46.6 Å². The van der Waals surface area contributed by atoms with Crippen molar-refractivity contribution in [2.75, 3.05) is 71.5 Å². The molecule has 0 spiro atoms. The number of imidazole rings is 1. The van der Waals surface area contributed by atoms with Crippen molar-refractivity contribution in [2.45, 2.75) is 84.3 Å². The molecule has 342 valence electrons. The number of piperazine rings is 1. The standard InChI is InChI=1S/C45H59F3N8O7/c1-28-24-36(56(27-28)40(57)38(52-43(60)61-5)31-14-22-62-23-15-31)39-49-26-35(51-39)30-8-6-29(7-9-30)34-11-10-32(25-37(34)63-45(46,47)48)50-42(59)55-16-12-33(13-17-55)53-18-20-54(21-19-53)41(58)44(2,3)4/h6-11,25-26,28,31,33,36,38H,12-24,27H2,1-5H3,(H,49,51)(H,50,59)(H,52,60). The quantitative estimate of drug-likeness (QED) is 0.208. The number of aromatic amines is 1. The van der Waals surface area contributed by atoms with Crippen LogP contribution in [0.4, 0.5) is 28.4 Å². The lowest BCUT2D eigenvalue weighted by atomic mass is 9.90. The van der Waals surface area contributed by atoms with E-state index in [1.54, 1.807) is 46.3 Å². The molecular weight excluding hydrogens is 822 g/mol. The van der Waals surface area contributed by atoms with Crippen LogP contribution in [0.15, 0.2) is 48.7 Å². The van der Waals surface area contributed by atoms with E-state index in [4.69, 9.17) is 9.47 Å². The smallest absolute Gasteiger partial charge is 0.453 e. The number of piperidine rings is 1. The Kier molecular flexibility index (Phi) is 13.9. The number of benzene rings is 2. The number of amides is 5. The first-order valence-corrected chi connectivity index (χ1v) is 21.8. The first-order chi connectivity index (χ1) is 30.0. The zero-order valence-corrected chi connectivity index (χ0v) is 36.6. The molecule has 15 nitrogen and oxygen atoms in total. The summed E-state index contributed by atoms with van der Waals surface area (Å²) in [5, 5.41) is 5.53. The van der Waals surface area contributed by atoms with Gasteiger partial charge in [0.2, 0.25) is 11.8 Å². The molecule has 3 N–H and O–H groups in total. The summed E-state index contributed by atoms with van der Waals surface area (Å²) in [6.07, 6.45) is -0.570. The first-order valence-electron chi connectivity index (χ1n) is 21.8. The number of nitrogens with one attached hydrogen (secondary N) is 3. The topological polar surface area (TPSA) is 162 Å². The number of carbonyl (C=O) groups is 4. The molecule has 1 aromatic heterocycles. The number of likely N-dealkylation sites (tertiary alicyclic amines) is 2. The summed E-state index contributed by atoms with van der Waals surface area (Å²) in [6.45, 7) is 13.2. The number of hydrogen-bond donors (Lipinski definition) is 3. The number of rotatable bonds is 9. The number of H-pyrrole nitrogens is 1. The summed E-state index contributed by atoms with van der Waals surface area (Å²) >= 11 is 0. The molecule has 4 saturated heterocycles. The second-order valence-corrected chi connectivity index (χ2v) is 18.2. The molecule has 3 atom stereocenters. The molecule has 0 aliphatic carbocycles. The lowest BCUT2D eigenvalue weighted by Crippen LogP contribution is -2.56. The van der Waals surface area contributed by atoms with Gasteiger partial charge >= 0.3 is 18.5 Å². The van der Waals surface area contributed by atoms with Crippen LogP contribution in [0.3, 0.4) is 0 Å². The van der Waals surface area contributed by atoms with Crippen molar-refractivity contribution >= 4 is 29.6 Å². The van der Waals surface area contributed by atoms with E-state index in [9.17, 15) is 32.3 Å². The minimum absolute atomic E-state index is 0.106. The summed E-state index contributed by atoms with van der Waals surface area (Å²) < 4.78 is 56.1. The molecule has 2 aromatic carbocycles. The van der Waals surface area contributed by atoms with Gasteiger partial charge in [0.15, 0.2) is 0 Å². The van der Waals surface area contributed by atoms with Gasteiger partial charge in [-0.3, -0.25) is 14.5 Å². The van der Waals surface area contributed by atoms with Crippen molar-refractivity contribution in [3.8, 4) is 28.1 Å². The summed E-state index contributed by atoms with van der Waals surface area (Å²) in [6, 6.07) is 9.86.